The summed E-state index contributed by atoms with van der Waals surface area (Å²) in [6.45, 7) is 0. The minimum atomic E-state index is -4.52. The minimum absolute atomic E-state index is 0.0640. The fourth-order valence-corrected chi connectivity index (χ4v) is 5.29. The summed E-state index contributed by atoms with van der Waals surface area (Å²) >= 11 is 1.87. The monoisotopic (exact) mass is 447 g/mol. The number of hydrogen-bond acceptors (Lipinski definition) is 7. The predicted octanol–water partition coefficient (Wildman–Crippen LogP) is 1.64. The van der Waals surface area contributed by atoms with E-state index in [4.69, 9.17) is 9.66 Å². The van der Waals surface area contributed by atoms with Crippen molar-refractivity contribution in [1.29, 1.82) is 0 Å². The average molecular weight is 447 g/mol. The highest BCUT2D eigenvalue weighted by Crippen LogP contribution is 2.33. The zero-order chi connectivity index (χ0) is 21.6. The molecule has 2 saturated heterocycles. The molecule has 160 valence electrons. The summed E-state index contributed by atoms with van der Waals surface area (Å²) in [5.41, 5.74) is -0.634. The van der Waals surface area contributed by atoms with Crippen molar-refractivity contribution in [2.45, 2.75) is 47.9 Å². The molecule has 0 aromatic heterocycles. The van der Waals surface area contributed by atoms with Crippen molar-refractivity contribution in [3.8, 4) is 0 Å². The molecule has 3 rings (SSSR count). The van der Waals surface area contributed by atoms with Gasteiger partial charge in [0.15, 0.2) is 4.90 Å². The number of nitrogens with one attached hydrogen (secondary N) is 2. The van der Waals surface area contributed by atoms with Crippen molar-refractivity contribution in [3.05, 3.63) is 34.4 Å². The van der Waals surface area contributed by atoms with Gasteiger partial charge in [-0.2, -0.15) is 20.2 Å². The van der Waals surface area contributed by atoms with Crippen LogP contribution in [0, 0.1) is 10.1 Å². The fourth-order valence-electron chi connectivity index (χ4n) is 3.09. The molecule has 3 atom stereocenters. The summed E-state index contributed by atoms with van der Waals surface area (Å²) in [7, 11) is -4.52. The van der Waals surface area contributed by atoms with Gasteiger partial charge in [-0.05, 0) is 18.9 Å². The van der Waals surface area contributed by atoms with E-state index in [1.54, 1.807) is 0 Å². The first-order chi connectivity index (χ1) is 13.6. The molecule has 1 aromatic rings. The Balaban J connectivity index is 0.000000212. The van der Waals surface area contributed by atoms with Crippen molar-refractivity contribution < 1.29 is 32.6 Å². The van der Waals surface area contributed by atoms with E-state index < -0.39 is 31.6 Å². The zero-order valence-corrected chi connectivity index (χ0v) is 16.8. The number of unbranched alkanes of at least 4 members (excludes halogenated alkanes) is 1. The van der Waals surface area contributed by atoms with Crippen LogP contribution in [0.2, 0.25) is 0 Å². The van der Waals surface area contributed by atoms with Gasteiger partial charge in [0.1, 0.15) is 0 Å². The summed E-state index contributed by atoms with van der Waals surface area (Å²) in [5, 5.41) is 25.1. The first kappa shape index (κ1) is 22.9. The van der Waals surface area contributed by atoms with Gasteiger partial charge in [0.2, 0.25) is 0 Å². The molecule has 2 aliphatic heterocycles. The molecule has 11 nitrogen and oxygen atoms in total. The highest BCUT2D eigenvalue weighted by Gasteiger charge is 2.42. The van der Waals surface area contributed by atoms with Crippen LogP contribution in [-0.2, 0) is 14.9 Å². The number of carboxylic acid groups (broad SMARTS) is 1. The number of carboxylic acids is 1. The number of amides is 2. The number of nitro groups is 1. The molecule has 2 aliphatic rings. The second-order valence-corrected chi connectivity index (χ2v) is 9.12. The third-order valence-electron chi connectivity index (χ3n) is 4.41. The summed E-state index contributed by atoms with van der Waals surface area (Å²) in [4.78, 5) is 30.2. The smallest absolute Gasteiger partial charge is 0.315 e. The Bertz CT molecular complexity index is 877. The molecule has 4 N–H and O–H groups in total. The van der Waals surface area contributed by atoms with E-state index in [-0.39, 0.29) is 24.5 Å². The average Bonchev–Trinajstić information content (AvgIpc) is 3.18. The number of fused-ring (bicyclic) bond motifs is 1. The van der Waals surface area contributed by atoms with Crippen molar-refractivity contribution in [1.82, 2.24) is 10.6 Å². The lowest BCUT2D eigenvalue weighted by Gasteiger charge is -2.16. The zero-order valence-electron chi connectivity index (χ0n) is 15.2. The van der Waals surface area contributed by atoms with Gasteiger partial charge in [0, 0.05) is 23.5 Å². The molecule has 13 heteroatoms. The molecule has 0 aliphatic carbocycles. The van der Waals surface area contributed by atoms with Crippen molar-refractivity contribution >= 4 is 39.6 Å². The summed E-state index contributed by atoms with van der Waals surface area (Å²) in [6.07, 6.45) is 2.88. The number of para-hydroxylation sites is 1. The van der Waals surface area contributed by atoms with Gasteiger partial charge >= 0.3 is 22.1 Å². The normalized spacial score (nSPS) is 22.7. The van der Waals surface area contributed by atoms with Crippen molar-refractivity contribution in [2.24, 2.45) is 0 Å². The molecule has 2 amide bonds. The lowest BCUT2D eigenvalue weighted by Crippen LogP contribution is -2.36. The van der Waals surface area contributed by atoms with Crippen LogP contribution in [0.4, 0.5) is 10.5 Å². The maximum absolute atomic E-state index is 11.1. The maximum atomic E-state index is 11.1. The topological polar surface area (TPSA) is 176 Å². The van der Waals surface area contributed by atoms with E-state index in [2.05, 4.69) is 10.6 Å². The predicted molar refractivity (Wildman–Crippen MR) is 105 cm³/mol. The Morgan fingerprint density at radius 3 is 2.55 bits per heavy atom. The summed E-state index contributed by atoms with van der Waals surface area (Å²) in [6, 6.07) is 5.01. The maximum Gasteiger partial charge on any atom is 0.315 e. The Morgan fingerprint density at radius 2 is 1.97 bits per heavy atom. The third-order valence-corrected chi connectivity index (χ3v) is 6.82. The molecule has 2 fully saturated rings. The van der Waals surface area contributed by atoms with Crippen LogP contribution in [0.15, 0.2) is 29.2 Å². The van der Waals surface area contributed by atoms with Gasteiger partial charge in [-0.15, -0.1) is 0 Å². The molecule has 0 bridgehead atoms. The van der Waals surface area contributed by atoms with Gasteiger partial charge in [0.05, 0.1) is 17.0 Å². The van der Waals surface area contributed by atoms with Crippen LogP contribution in [0.1, 0.15) is 25.7 Å². The summed E-state index contributed by atoms with van der Waals surface area (Å²) in [5.74, 6) is 0.236. The number of rotatable bonds is 7. The van der Waals surface area contributed by atoms with Crippen LogP contribution >= 0.6 is 11.8 Å². The molecule has 29 heavy (non-hydrogen) atoms. The van der Waals surface area contributed by atoms with Crippen molar-refractivity contribution in [3.63, 3.8) is 0 Å². The van der Waals surface area contributed by atoms with E-state index in [1.165, 1.54) is 12.1 Å². The lowest BCUT2D eigenvalue weighted by molar-refractivity contribution is -0.387. The van der Waals surface area contributed by atoms with Gasteiger partial charge in [0.25, 0.3) is 5.69 Å². The van der Waals surface area contributed by atoms with Crippen LogP contribution < -0.4 is 10.6 Å². The molecule has 0 unspecified atom stereocenters. The van der Waals surface area contributed by atoms with Crippen LogP contribution in [-0.4, -0.2) is 58.1 Å². The Morgan fingerprint density at radius 1 is 1.28 bits per heavy atom. The first-order valence-electron chi connectivity index (χ1n) is 8.71. The molecule has 1 aromatic carbocycles. The van der Waals surface area contributed by atoms with Gasteiger partial charge in [-0.25, -0.2) is 4.79 Å². The van der Waals surface area contributed by atoms with E-state index in [0.717, 1.165) is 37.1 Å². The van der Waals surface area contributed by atoms with Gasteiger partial charge in [-0.1, -0.05) is 18.6 Å². The molecule has 0 radical (unpaired) electrons. The number of nitrogens with zero attached hydrogens (tertiary/aromatic N) is 1. The third kappa shape index (κ3) is 6.58. The fraction of sp³-hybridized carbons (Fsp3) is 0.500. The van der Waals surface area contributed by atoms with E-state index in [0.29, 0.717) is 5.25 Å². The standard InChI is InChI=1S/C10H16N2O3S.C6H5NO5S/c13-8(14)4-2-1-3-7-9-6(5-16-7)11-10(15)12-9;8-7(9)5-3-1-2-4-6(5)13(10,11)12/h6-7,9H,1-5H2,(H,13,14)(H2,11,12,15);1-4H,(H,10,11,12)/t6-,7-,9-;/m0./s1. The minimum Gasteiger partial charge on any atom is -0.481 e. The van der Waals surface area contributed by atoms with Gasteiger partial charge in [-0.3, -0.25) is 19.5 Å². The Kier molecular flexibility index (Phi) is 7.81. The molecule has 2 heterocycles. The number of thioether (sulfide) groups is 1. The molecular weight excluding hydrogens is 426 g/mol. The molecular formula is C16H21N3O8S2. The van der Waals surface area contributed by atoms with Gasteiger partial charge < -0.3 is 15.7 Å². The second-order valence-electron chi connectivity index (χ2n) is 6.46. The molecule has 0 spiro atoms. The first-order valence-corrected chi connectivity index (χ1v) is 11.2. The number of urea groups is 1. The Hall–Kier alpha value is -2.38. The SMILES string of the molecule is O=C(O)CCCC[C@@H]1SC[C@@H]2NC(=O)N[C@@H]21.O=[N+]([O-])c1ccccc1S(=O)(=O)O. The highest BCUT2D eigenvalue weighted by atomic mass is 32.2. The van der Waals surface area contributed by atoms with Crippen molar-refractivity contribution in [2.75, 3.05) is 5.75 Å². The lowest BCUT2D eigenvalue weighted by atomic mass is 10.0. The van der Waals surface area contributed by atoms with E-state index >= 15 is 0 Å². The van der Waals surface area contributed by atoms with Crippen LogP contribution in [0.25, 0.3) is 0 Å². The van der Waals surface area contributed by atoms with Crippen LogP contribution in [0.3, 0.4) is 0 Å². The Labute approximate surface area is 171 Å². The van der Waals surface area contributed by atoms with E-state index in [9.17, 15) is 28.1 Å². The highest BCUT2D eigenvalue weighted by molar-refractivity contribution is 8.00. The number of aliphatic carboxylic acids is 1. The van der Waals surface area contributed by atoms with E-state index in [1.807, 2.05) is 11.8 Å². The number of nitro benzene ring substituents is 1. The number of hydrogen-bond donors (Lipinski definition) is 4. The quantitative estimate of drug-likeness (QED) is 0.159. The number of carbonyl (C=O) groups excluding carboxylic acids is 1. The number of benzene rings is 1. The van der Waals surface area contributed by atoms with Crippen LogP contribution in [0.5, 0.6) is 0 Å². The largest absolute Gasteiger partial charge is 0.481 e. The second kappa shape index (κ2) is 9.89. The summed E-state index contributed by atoms with van der Waals surface area (Å²) < 4.78 is 29.8. The number of carbonyl (C=O) groups is 2. The molecule has 0 saturated carbocycles.